The van der Waals surface area contributed by atoms with E-state index < -0.39 is 10.0 Å². The topological polar surface area (TPSA) is 95.8 Å². The van der Waals surface area contributed by atoms with E-state index >= 15 is 0 Å². The summed E-state index contributed by atoms with van der Waals surface area (Å²) in [5, 5.41) is 6.29. The van der Waals surface area contributed by atoms with Crippen LogP contribution in [-0.4, -0.2) is 67.7 Å². The number of hydrogen-bond donors (Lipinski definition) is 1. The minimum absolute atomic E-state index is 0.200. The zero-order valence-electron chi connectivity index (χ0n) is 11.5. The number of hydrogen-bond acceptors (Lipinski definition) is 6. The molecule has 0 aliphatic carbocycles. The highest BCUT2D eigenvalue weighted by Crippen LogP contribution is 2.09. The molecule has 2 heterocycles. The van der Waals surface area contributed by atoms with E-state index in [9.17, 15) is 13.2 Å². The lowest BCUT2D eigenvalue weighted by Crippen LogP contribution is -2.50. The van der Waals surface area contributed by atoms with Gasteiger partial charge in [-0.2, -0.15) is 4.31 Å². The average molecular weight is 302 g/mol. The Bertz CT molecular complexity index is 575. The number of sulfonamides is 1. The molecule has 112 valence electrons. The van der Waals surface area contributed by atoms with Gasteiger partial charge in [-0.1, -0.05) is 5.16 Å². The first-order valence-electron chi connectivity index (χ1n) is 6.25. The maximum Gasteiger partial charge on any atom is 0.240 e. The molecule has 0 saturated carbocycles. The summed E-state index contributed by atoms with van der Waals surface area (Å²) in [6.45, 7) is 3.87. The zero-order chi connectivity index (χ0) is 14.8. The van der Waals surface area contributed by atoms with Crippen LogP contribution in [0.5, 0.6) is 0 Å². The molecule has 1 aliphatic rings. The summed E-state index contributed by atoms with van der Waals surface area (Å²) in [6.07, 6.45) is 1.20. The molecule has 1 aliphatic heterocycles. The van der Waals surface area contributed by atoms with Crippen molar-refractivity contribution in [2.75, 3.05) is 44.3 Å². The van der Waals surface area contributed by atoms with Crippen LogP contribution in [0.3, 0.4) is 0 Å². The molecule has 0 aromatic carbocycles. The van der Waals surface area contributed by atoms with E-state index in [1.165, 1.54) is 10.6 Å². The highest BCUT2D eigenvalue weighted by molar-refractivity contribution is 7.88. The van der Waals surface area contributed by atoms with Crippen LogP contribution in [0.15, 0.2) is 10.6 Å². The maximum atomic E-state index is 11.8. The summed E-state index contributed by atoms with van der Waals surface area (Å²) in [5.74, 6) is 0.122. The molecule has 1 aromatic rings. The van der Waals surface area contributed by atoms with Gasteiger partial charge >= 0.3 is 0 Å². The summed E-state index contributed by atoms with van der Waals surface area (Å²) >= 11 is 0. The molecule has 0 spiro atoms. The first-order chi connectivity index (χ1) is 9.34. The van der Waals surface area contributed by atoms with E-state index in [1.807, 2.05) is 4.90 Å². The van der Waals surface area contributed by atoms with Crippen LogP contribution in [0.2, 0.25) is 0 Å². The summed E-state index contributed by atoms with van der Waals surface area (Å²) < 4.78 is 29.1. The highest BCUT2D eigenvalue weighted by Gasteiger charge is 2.24. The Morgan fingerprint density at radius 1 is 1.40 bits per heavy atom. The van der Waals surface area contributed by atoms with Crippen LogP contribution in [0.25, 0.3) is 0 Å². The predicted molar refractivity (Wildman–Crippen MR) is 72.7 cm³/mol. The van der Waals surface area contributed by atoms with Gasteiger partial charge in [0.2, 0.25) is 21.8 Å². The van der Waals surface area contributed by atoms with Crippen LogP contribution < -0.4 is 5.32 Å². The SMILES string of the molecule is Cc1cc(NC(=O)CN2CCN(S(C)(=O)=O)CC2)on1. The second kappa shape index (κ2) is 5.90. The highest BCUT2D eigenvalue weighted by atomic mass is 32.2. The van der Waals surface area contributed by atoms with E-state index in [2.05, 4.69) is 10.5 Å². The fourth-order valence-electron chi connectivity index (χ4n) is 2.02. The van der Waals surface area contributed by atoms with Gasteiger partial charge in [0.1, 0.15) is 0 Å². The van der Waals surface area contributed by atoms with Gasteiger partial charge in [0.15, 0.2) is 0 Å². The van der Waals surface area contributed by atoms with Crippen LogP contribution >= 0.6 is 0 Å². The first kappa shape index (κ1) is 14.9. The largest absolute Gasteiger partial charge is 0.338 e. The smallest absolute Gasteiger partial charge is 0.240 e. The number of carbonyl (C=O) groups is 1. The van der Waals surface area contributed by atoms with Crippen molar-refractivity contribution < 1.29 is 17.7 Å². The second-order valence-electron chi connectivity index (χ2n) is 4.82. The summed E-state index contributed by atoms with van der Waals surface area (Å²) in [5.41, 5.74) is 0.696. The minimum Gasteiger partial charge on any atom is -0.338 e. The van der Waals surface area contributed by atoms with Gasteiger partial charge in [-0.25, -0.2) is 8.42 Å². The van der Waals surface area contributed by atoms with Crippen molar-refractivity contribution in [3.8, 4) is 0 Å². The zero-order valence-corrected chi connectivity index (χ0v) is 12.3. The number of amides is 1. The minimum atomic E-state index is -3.14. The molecule has 1 amide bonds. The van der Waals surface area contributed by atoms with Gasteiger partial charge in [0, 0.05) is 32.2 Å². The van der Waals surface area contributed by atoms with Gasteiger partial charge in [0.05, 0.1) is 18.5 Å². The number of aromatic nitrogens is 1. The van der Waals surface area contributed by atoms with E-state index in [4.69, 9.17) is 4.52 Å². The Hall–Kier alpha value is -1.45. The molecule has 1 N–H and O–H groups in total. The van der Waals surface area contributed by atoms with E-state index in [1.54, 1.807) is 13.0 Å². The van der Waals surface area contributed by atoms with Crippen LogP contribution in [0.1, 0.15) is 5.69 Å². The molecule has 0 radical (unpaired) electrons. The molecule has 1 fully saturated rings. The molecule has 0 atom stereocenters. The van der Waals surface area contributed by atoms with Crippen molar-refractivity contribution in [1.82, 2.24) is 14.4 Å². The number of aryl methyl sites for hydroxylation is 1. The molecule has 9 heteroatoms. The van der Waals surface area contributed by atoms with Crippen molar-refractivity contribution in [1.29, 1.82) is 0 Å². The number of nitrogens with one attached hydrogen (secondary N) is 1. The summed E-state index contributed by atoms with van der Waals surface area (Å²) in [4.78, 5) is 13.7. The predicted octanol–water partition coefficient (Wildman–Crippen LogP) is -0.501. The maximum absolute atomic E-state index is 11.8. The van der Waals surface area contributed by atoms with Crippen LogP contribution in [0, 0.1) is 6.92 Å². The summed E-state index contributed by atoms with van der Waals surface area (Å²) in [7, 11) is -3.14. The van der Waals surface area contributed by atoms with Gasteiger partial charge < -0.3 is 4.52 Å². The fraction of sp³-hybridized carbons (Fsp3) is 0.636. The Balaban J connectivity index is 1.79. The standard InChI is InChI=1S/C11H18N4O4S/c1-9-7-11(19-13-9)12-10(16)8-14-3-5-15(6-4-14)20(2,17)18/h7H,3-6,8H2,1-2H3,(H,12,16). The first-order valence-corrected chi connectivity index (χ1v) is 8.10. The van der Waals surface area contributed by atoms with Crippen molar-refractivity contribution in [3.63, 3.8) is 0 Å². The lowest BCUT2D eigenvalue weighted by molar-refractivity contribution is -0.117. The second-order valence-corrected chi connectivity index (χ2v) is 6.80. The summed E-state index contributed by atoms with van der Waals surface area (Å²) in [6, 6.07) is 1.64. The quantitative estimate of drug-likeness (QED) is 0.805. The van der Waals surface area contributed by atoms with Crippen molar-refractivity contribution in [2.24, 2.45) is 0 Å². The third-order valence-corrected chi connectivity index (χ3v) is 4.36. The Morgan fingerprint density at radius 2 is 2.05 bits per heavy atom. The Labute approximate surface area is 117 Å². The molecule has 0 unspecified atom stereocenters. The van der Waals surface area contributed by atoms with Crippen LogP contribution in [-0.2, 0) is 14.8 Å². The third-order valence-electron chi connectivity index (χ3n) is 3.06. The molecule has 20 heavy (non-hydrogen) atoms. The Morgan fingerprint density at radius 3 is 2.55 bits per heavy atom. The van der Waals surface area contributed by atoms with Crippen molar-refractivity contribution in [3.05, 3.63) is 11.8 Å². The van der Waals surface area contributed by atoms with Crippen molar-refractivity contribution >= 4 is 21.8 Å². The van der Waals surface area contributed by atoms with Gasteiger partial charge in [0.25, 0.3) is 0 Å². The average Bonchev–Trinajstić information content (AvgIpc) is 2.74. The van der Waals surface area contributed by atoms with Gasteiger partial charge in [-0.3, -0.25) is 15.0 Å². The Kier molecular flexibility index (Phi) is 4.41. The number of carbonyl (C=O) groups excluding carboxylic acids is 1. The molecule has 1 saturated heterocycles. The van der Waals surface area contributed by atoms with Gasteiger partial charge in [-0.05, 0) is 6.92 Å². The number of piperazine rings is 1. The molecule has 1 aromatic heterocycles. The van der Waals surface area contributed by atoms with Crippen LogP contribution in [0.4, 0.5) is 5.88 Å². The number of anilines is 1. The third kappa shape index (κ3) is 4.02. The number of rotatable bonds is 4. The molecular weight excluding hydrogens is 284 g/mol. The van der Waals surface area contributed by atoms with E-state index in [0.29, 0.717) is 37.8 Å². The van der Waals surface area contributed by atoms with E-state index in [0.717, 1.165) is 0 Å². The van der Waals surface area contributed by atoms with E-state index in [-0.39, 0.29) is 12.5 Å². The lowest BCUT2D eigenvalue weighted by atomic mass is 10.3. The molecular formula is C11H18N4O4S. The monoisotopic (exact) mass is 302 g/mol. The van der Waals surface area contributed by atoms with Gasteiger partial charge in [-0.15, -0.1) is 0 Å². The normalized spacial score (nSPS) is 18.1. The molecule has 0 bridgehead atoms. The molecule has 8 nitrogen and oxygen atoms in total. The lowest BCUT2D eigenvalue weighted by Gasteiger charge is -2.32. The van der Waals surface area contributed by atoms with Crippen molar-refractivity contribution in [2.45, 2.75) is 6.92 Å². The fourth-order valence-corrected chi connectivity index (χ4v) is 2.85. The number of nitrogens with zero attached hydrogens (tertiary/aromatic N) is 3. The molecule has 2 rings (SSSR count).